The van der Waals surface area contributed by atoms with Crippen molar-refractivity contribution in [3.05, 3.63) is 12.7 Å². The van der Waals surface area contributed by atoms with E-state index in [1.165, 1.54) is 12.8 Å². The smallest absolute Gasteiger partial charge is 0.314 e. The first kappa shape index (κ1) is 14.5. The van der Waals surface area contributed by atoms with Crippen molar-refractivity contribution in [3.63, 3.8) is 0 Å². The van der Waals surface area contributed by atoms with E-state index in [0.29, 0.717) is 6.54 Å². The van der Waals surface area contributed by atoms with Gasteiger partial charge in [-0.3, -0.25) is 4.79 Å². The molecule has 0 saturated heterocycles. The molecule has 0 bridgehead atoms. The number of hydrogen-bond donors (Lipinski definition) is 3. The molecule has 0 radical (unpaired) electrons. The molecule has 3 N–H and O–H groups in total. The third-order valence-electron chi connectivity index (χ3n) is 3.49. The monoisotopic (exact) mass is 254 g/mol. The molecule has 1 saturated carbocycles. The summed E-state index contributed by atoms with van der Waals surface area (Å²) < 4.78 is 0. The standard InChI is InChI=1S/C13H22N2O3/c1-2-6-13(7-3-4-8-13)10-15-12(18)14-9-5-11(16)17/h2H,1,3-10H2,(H,16,17)(H2,14,15,18). The van der Waals surface area contributed by atoms with Crippen molar-refractivity contribution >= 4 is 12.0 Å². The molecule has 0 unspecified atom stereocenters. The Kier molecular flexibility index (Phi) is 5.68. The molecular weight excluding hydrogens is 232 g/mol. The Bertz CT molecular complexity index is 309. The summed E-state index contributed by atoms with van der Waals surface area (Å²) in [5.74, 6) is -0.908. The van der Waals surface area contributed by atoms with Crippen LogP contribution in [0.1, 0.15) is 38.5 Å². The highest BCUT2D eigenvalue weighted by Gasteiger charge is 2.32. The van der Waals surface area contributed by atoms with Crippen molar-refractivity contribution in [1.29, 1.82) is 0 Å². The molecule has 0 aliphatic heterocycles. The fourth-order valence-corrected chi connectivity index (χ4v) is 2.50. The fraction of sp³-hybridized carbons (Fsp3) is 0.692. The predicted octanol–water partition coefficient (Wildman–Crippen LogP) is 1.90. The molecule has 0 atom stereocenters. The zero-order chi connectivity index (χ0) is 13.4. The van der Waals surface area contributed by atoms with Gasteiger partial charge in [0.25, 0.3) is 0 Å². The van der Waals surface area contributed by atoms with E-state index in [2.05, 4.69) is 17.2 Å². The van der Waals surface area contributed by atoms with Crippen molar-refractivity contribution in [2.45, 2.75) is 38.5 Å². The molecule has 0 heterocycles. The molecule has 1 rings (SSSR count). The van der Waals surface area contributed by atoms with E-state index in [0.717, 1.165) is 19.3 Å². The summed E-state index contributed by atoms with van der Waals surface area (Å²) in [7, 11) is 0. The maximum absolute atomic E-state index is 11.5. The Morgan fingerprint density at radius 3 is 2.50 bits per heavy atom. The first-order chi connectivity index (χ1) is 8.58. The molecule has 0 aromatic heterocycles. The van der Waals surface area contributed by atoms with Crippen LogP contribution in [0.5, 0.6) is 0 Å². The number of hydrogen-bond acceptors (Lipinski definition) is 2. The van der Waals surface area contributed by atoms with E-state index in [9.17, 15) is 9.59 Å². The molecule has 1 aliphatic carbocycles. The van der Waals surface area contributed by atoms with Gasteiger partial charge in [0.1, 0.15) is 0 Å². The van der Waals surface area contributed by atoms with Crippen LogP contribution < -0.4 is 10.6 Å². The lowest BCUT2D eigenvalue weighted by Crippen LogP contribution is -2.42. The number of carboxylic acid groups (broad SMARTS) is 1. The number of carbonyl (C=O) groups is 2. The second-order valence-electron chi connectivity index (χ2n) is 4.95. The summed E-state index contributed by atoms with van der Waals surface area (Å²) in [6.07, 6.45) is 7.43. The summed E-state index contributed by atoms with van der Waals surface area (Å²) in [4.78, 5) is 21.8. The zero-order valence-electron chi connectivity index (χ0n) is 10.7. The van der Waals surface area contributed by atoms with Crippen molar-refractivity contribution in [2.24, 2.45) is 5.41 Å². The third-order valence-corrected chi connectivity index (χ3v) is 3.49. The second-order valence-corrected chi connectivity index (χ2v) is 4.95. The average Bonchev–Trinajstić information content (AvgIpc) is 2.76. The summed E-state index contributed by atoms with van der Waals surface area (Å²) in [5.41, 5.74) is 0.159. The van der Waals surface area contributed by atoms with Gasteiger partial charge in [-0.25, -0.2) is 4.79 Å². The Morgan fingerprint density at radius 1 is 1.28 bits per heavy atom. The van der Waals surface area contributed by atoms with E-state index in [4.69, 9.17) is 5.11 Å². The van der Waals surface area contributed by atoms with Gasteiger partial charge in [0.2, 0.25) is 0 Å². The maximum Gasteiger partial charge on any atom is 0.314 e. The van der Waals surface area contributed by atoms with Gasteiger partial charge in [-0.2, -0.15) is 0 Å². The first-order valence-electron chi connectivity index (χ1n) is 6.42. The Balaban J connectivity index is 2.27. The number of urea groups is 1. The van der Waals surface area contributed by atoms with E-state index < -0.39 is 5.97 Å². The van der Waals surface area contributed by atoms with Crippen molar-refractivity contribution in [1.82, 2.24) is 10.6 Å². The van der Waals surface area contributed by atoms with Gasteiger partial charge in [0, 0.05) is 13.1 Å². The molecule has 0 aromatic rings. The van der Waals surface area contributed by atoms with Crippen LogP contribution in [0.4, 0.5) is 4.79 Å². The van der Waals surface area contributed by atoms with Crippen LogP contribution in [0.25, 0.3) is 0 Å². The largest absolute Gasteiger partial charge is 0.481 e. The van der Waals surface area contributed by atoms with Crippen LogP contribution in [0.3, 0.4) is 0 Å². The minimum atomic E-state index is -0.908. The lowest BCUT2D eigenvalue weighted by atomic mass is 9.83. The van der Waals surface area contributed by atoms with Crippen molar-refractivity contribution in [3.8, 4) is 0 Å². The molecule has 102 valence electrons. The van der Waals surface area contributed by atoms with Crippen molar-refractivity contribution in [2.75, 3.05) is 13.1 Å². The van der Waals surface area contributed by atoms with Gasteiger partial charge in [0.05, 0.1) is 6.42 Å². The first-order valence-corrected chi connectivity index (χ1v) is 6.42. The summed E-state index contributed by atoms with van der Waals surface area (Å²) in [6.45, 7) is 4.57. The molecule has 18 heavy (non-hydrogen) atoms. The van der Waals surface area contributed by atoms with E-state index in [-0.39, 0.29) is 24.4 Å². The van der Waals surface area contributed by atoms with Gasteiger partial charge < -0.3 is 15.7 Å². The van der Waals surface area contributed by atoms with Crippen LogP contribution >= 0.6 is 0 Å². The molecule has 5 heteroatoms. The Hall–Kier alpha value is -1.52. The maximum atomic E-state index is 11.5. The molecule has 0 spiro atoms. The molecular formula is C13H22N2O3. The number of aliphatic carboxylic acids is 1. The van der Waals surface area contributed by atoms with Crippen LogP contribution in [-0.2, 0) is 4.79 Å². The third kappa shape index (κ3) is 4.77. The van der Waals surface area contributed by atoms with Crippen LogP contribution in [0.2, 0.25) is 0 Å². The Labute approximate surface area is 108 Å². The zero-order valence-corrected chi connectivity index (χ0v) is 10.7. The number of allylic oxidation sites excluding steroid dienone is 1. The number of carbonyl (C=O) groups excluding carboxylic acids is 1. The lowest BCUT2D eigenvalue weighted by Gasteiger charge is -2.27. The molecule has 5 nitrogen and oxygen atoms in total. The lowest BCUT2D eigenvalue weighted by molar-refractivity contribution is -0.136. The van der Waals surface area contributed by atoms with Crippen molar-refractivity contribution < 1.29 is 14.7 Å². The van der Waals surface area contributed by atoms with Gasteiger partial charge in [-0.1, -0.05) is 18.9 Å². The van der Waals surface area contributed by atoms with Crippen LogP contribution in [0, 0.1) is 5.41 Å². The predicted molar refractivity (Wildman–Crippen MR) is 69.4 cm³/mol. The highest BCUT2D eigenvalue weighted by Crippen LogP contribution is 2.40. The number of carboxylic acids is 1. The minimum Gasteiger partial charge on any atom is -0.481 e. The fourth-order valence-electron chi connectivity index (χ4n) is 2.50. The summed E-state index contributed by atoms with van der Waals surface area (Å²) in [5, 5.41) is 13.8. The summed E-state index contributed by atoms with van der Waals surface area (Å²) >= 11 is 0. The van der Waals surface area contributed by atoms with E-state index in [1.54, 1.807) is 0 Å². The highest BCUT2D eigenvalue weighted by atomic mass is 16.4. The topological polar surface area (TPSA) is 78.4 Å². The number of nitrogens with one attached hydrogen (secondary N) is 2. The van der Waals surface area contributed by atoms with Crippen LogP contribution in [-0.4, -0.2) is 30.2 Å². The molecule has 2 amide bonds. The summed E-state index contributed by atoms with van der Waals surface area (Å²) in [6, 6.07) is -0.286. The van der Waals surface area contributed by atoms with Crippen LogP contribution in [0.15, 0.2) is 12.7 Å². The normalized spacial score (nSPS) is 17.1. The van der Waals surface area contributed by atoms with Gasteiger partial charge in [-0.05, 0) is 24.7 Å². The quantitative estimate of drug-likeness (QED) is 0.607. The molecule has 0 aromatic carbocycles. The van der Waals surface area contributed by atoms with E-state index in [1.807, 2.05) is 6.08 Å². The van der Waals surface area contributed by atoms with Gasteiger partial charge in [0.15, 0.2) is 0 Å². The minimum absolute atomic E-state index is 0.0504. The molecule has 1 fully saturated rings. The number of amides is 2. The SMILES string of the molecule is C=CCC1(CNC(=O)NCCC(=O)O)CCCC1. The van der Waals surface area contributed by atoms with E-state index >= 15 is 0 Å². The van der Waals surface area contributed by atoms with Gasteiger partial charge >= 0.3 is 12.0 Å². The Morgan fingerprint density at radius 2 is 1.94 bits per heavy atom. The van der Waals surface area contributed by atoms with Gasteiger partial charge in [-0.15, -0.1) is 6.58 Å². The molecule has 1 aliphatic rings. The highest BCUT2D eigenvalue weighted by molar-refractivity contribution is 5.75. The number of rotatable bonds is 7. The second kappa shape index (κ2) is 7.03. The average molecular weight is 254 g/mol.